The van der Waals surface area contributed by atoms with Crippen molar-refractivity contribution in [3.8, 4) is 5.75 Å². The molecule has 156 valence electrons. The van der Waals surface area contributed by atoms with Crippen LogP contribution in [0.5, 0.6) is 5.75 Å². The van der Waals surface area contributed by atoms with Gasteiger partial charge in [-0.05, 0) is 60.2 Å². The summed E-state index contributed by atoms with van der Waals surface area (Å²) in [6, 6.07) is 20.1. The number of nitrogens with one attached hydrogen (secondary N) is 2. The van der Waals surface area contributed by atoms with Gasteiger partial charge < -0.3 is 10.1 Å². The van der Waals surface area contributed by atoms with Crippen LogP contribution in [0.4, 0.5) is 5.82 Å². The lowest BCUT2D eigenvalue weighted by atomic mass is 9.70. The molecule has 4 aromatic rings. The summed E-state index contributed by atoms with van der Waals surface area (Å²) < 4.78 is 5.23. The van der Waals surface area contributed by atoms with E-state index in [4.69, 9.17) is 4.74 Å². The fourth-order valence-electron chi connectivity index (χ4n) is 4.24. The molecule has 6 heteroatoms. The van der Waals surface area contributed by atoms with E-state index in [1.165, 1.54) is 5.56 Å². The number of carbonyl (C=O) groups is 1. The number of aromatic amines is 1. The predicted molar refractivity (Wildman–Crippen MR) is 120 cm³/mol. The number of hydrogen-bond acceptors (Lipinski definition) is 4. The maximum absolute atomic E-state index is 12.5. The number of methoxy groups -OCH3 is 1. The van der Waals surface area contributed by atoms with E-state index in [0.29, 0.717) is 24.1 Å². The van der Waals surface area contributed by atoms with Crippen molar-refractivity contribution in [2.45, 2.75) is 31.1 Å². The van der Waals surface area contributed by atoms with E-state index >= 15 is 0 Å². The Bertz CT molecular complexity index is 1210. The molecule has 2 aromatic carbocycles. The van der Waals surface area contributed by atoms with Gasteiger partial charge in [-0.15, -0.1) is 0 Å². The van der Waals surface area contributed by atoms with Crippen LogP contribution in [0.3, 0.4) is 0 Å². The minimum absolute atomic E-state index is 0.0778. The molecular weight excluding hydrogens is 388 g/mol. The topological polar surface area (TPSA) is 79.9 Å². The first kappa shape index (κ1) is 19.3. The highest BCUT2D eigenvalue weighted by Crippen LogP contribution is 2.47. The first-order valence-electron chi connectivity index (χ1n) is 10.5. The van der Waals surface area contributed by atoms with E-state index in [0.717, 1.165) is 40.8 Å². The van der Waals surface area contributed by atoms with Crippen LogP contribution in [-0.2, 0) is 11.2 Å². The molecule has 0 saturated heterocycles. The highest BCUT2D eigenvalue weighted by molar-refractivity contribution is 5.92. The normalized spacial score (nSPS) is 17.8. The lowest BCUT2D eigenvalue weighted by Crippen LogP contribution is -2.20. The Labute approximate surface area is 180 Å². The SMILES string of the molecule is COc1ccc(C2CC(c3cc(NC(=O)Cc4ccc5ncccc5c4)n[nH]3)C2)cc1. The van der Waals surface area contributed by atoms with Gasteiger partial charge in [-0.3, -0.25) is 14.9 Å². The first-order chi connectivity index (χ1) is 15.2. The third-order valence-electron chi connectivity index (χ3n) is 6.06. The fraction of sp³-hybridized carbons (Fsp3) is 0.240. The molecule has 0 bridgehead atoms. The number of H-pyrrole nitrogens is 1. The second-order valence-corrected chi connectivity index (χ2v) is 8.10. The van der Waals surface area contributed by atoms with Gasteiger partial charge in [-0.2, -0.15) is 5.10 Å². The number of fused-ring (bicyclic) bond motifs is 1. The lowest BCUT2D eigenvalue weighted by Gasteiger charge is -2.35. The molecule has 2 heterocycles. The predicted octanol–water partition coefficient (Wildman–Crippen LogP) is 4.81. The number of benzene rings is 2. The number of amides is 1. The van der Waals surface area contributed by atoms with Crippen LogP contribution in [-0.4, -0.2) is 28.2 Å². The molecule has 0 aliphatic heterocycles. The highest BCUT2D eigenvalue weighted by Gasteiger charge is 2.32. The van der Waals surface area contributed by atoms with Crippen molar-refractivity contribution in [3.05, 3.63) is 83.7 Å². The van der Waals surface area contributed by atoms with E-state index in [2.05, 4.69) is 32.6 Å². The largest absolute Gasteiger partial charge is 0.497 e. The van der Waals surface area contributed by atoms with Gasteiger partial charge in [0.05, 0.1) is 19.0 Å². The standard InChI is InChI=1S/C25H24N4O2/c1-31-21-7-5-17(6-8-21)19-13-20(14-19)23-15-24(29-28-23)27-25(30)12-16-4-9-22-18(11-16)3-2-10-26-22/h2-11,15,19-20H,12-14H2,1H3,(H2,27,28,29,30). The number of rotatable bonds is 6. The molecule has 1 aliphatic rings. The van der Waals surface area contributed by atoms with Crippen LogP contribution >= 0.6 is 0 Å². The van der Waals surface area contributed by atoms with Crippen molar-refractivity contribution >= 4 is 22.6 Å². The second-order valence-electron chi connectivity index (χ2n) is 8.10. The van der Waals surface area contributed by atoms with E-state index in [1.807, 2.05) is 48.5 Å². The fourth-order valence-corrected chi connectivity index (χ4v) is 4.24. The maximum Gasteiger partial charge on any atom is 0.229 e. The molecule has 0 unspecified atom stereocenters. The zero-order valence-electron chi connectivity index (χ0n) is 17.3. The number of anilines is 1. The number of ether oxygens (including phenoxy) is 1. The first-order valence-corrected chi connectivity index (χ1v) is 10.5. The summed E-state index contributed by atoms with van der Waals surface area (Å²) in [7, 11) is 1.68. The monoisotopic (exact) mass is 412 g/mol. The molecule has 0 spiro atoms. The Morgan fingerprint density at radius 2 is 1.94 bits per heavy atom. The Morgan fingerprint density at radius 3 is 2.74 bits per heavy atom. The van der Waals surface area contributed by atoms with Crippen molar-refractivity contribution in [2.24, 2.45) is 0 Å². The maximum atomic E-state index is 12.5. The van der Waals surface area contributed by atoms with Crippen LogP contribution in [0, 0.1) is 0 Å². The van der Waals surface area contributed by atoms with Gasteiger partial charge in [0.15, 0.2) is 5.82 Å². The lowest BCUT2D eigenvalue weighted by molar-refractivity contribution is -0.115. The van der Waals surface area contributed by atoms with Crippen LogP contribution in [0.2, 0.25) is 0 Å². The Kier molecular flexibility index (Phi) is 5.12. The van der Waals surface area contributed by atoms with Crippen LogP contribution in [0.15, 0.2) is 66.9 Å². The minimum Gasteiger partial charge on any atom is -0.497 e. The molecule has 1 saturated carbocycles. The van der Waals surface area contributed by atoms with E-state index < -0.39 is 0 Å². The van der Waals surface area contributed by atoms with E-state index in [1.54, 1.807) is 13.3 Å². The average molecular weight is 412 g/mol. The molecule has 31 heavy (non-hydrogen) atoms. The van der Waals surface area contributed by atoms with Crippen LogP contribution in [0.25, 0.3) is 10.9 Å². The van der Waals surface area contributed by atoms with Gasteiger partial charge in [-0.1, -0.05) is 24.3 Å². The Balaban J connectivity index is 1.16. The second kappa shape index (κ2) is 8.22. The summed E-state index contributed by atoms with van der Waals surface area (Å²) in [6.45, 7) is 0. The van der Waals surface area contributed by atoms with Gasteiger partial charge in [0.25, 0.3) is 0 Å². The van der Waals surface area contributed by atoms with Gasteiger partial charge in [0.1, 0.15) is 5.75 Å². The third kappa shape index (κ3) is 4.14. The molecule has 2 N–H and O–H groups in total. The zero-order valence-corrected chi connectivity index (χ0v) is 17.3. The smallest absolute Gasteiger partial charge is 0.229 e. The number of hydrogen-bond donors (Lipinski definition) is 2. The molecule has 6 nitrogen and oxygen atoms in total. The van der Waals surface area contributed by atoms with Crippen molar-refractivity contribution in [2.75, 3.05) is 12.4 Å². The number of aromatic nitrogens is 3. The zero-order chi connectivity index (χ0) is 21.2. The van der Waals surface area contributed by atoms with Gasteiger partial charge in [-0.25, -0.2) is 0 Å². The molecule has 0 radical (unpaired) electrons. The van der Waals surface area contributed by atoms with Gasteiger partial charge >= 0.3 is 0 Å². The Morgan fingerprint density at radius 1 is 1.10 bits per heavy atom. The molecule has 1 amide bonds. The summed E-state index contributed by atoms with van der Waals surface area (Å²) in [5.41, 5.74) is 4.31. The highest BCUT2D eigenvalue weighted by atomic mass is 16.5. The van der Waals surface area contributed by atoms with Gasteiger partial charge in [0, 0.05) is 29.3 Å². The van der Waals surface area contributed by atoms with E-state index in [9.17, 15) is 4.79 Å². The Hall–Kier alpha value is -3.67. The molecule has 5 rings (SSSR count). The van der Waals surface area contributed by atoms with E-state index in [-0.39, 0.29) is 5.91 Å². The molecule has 2 aromatic heterocycles. The molecule has 0 atom stereocenters. The summed E-state index contributed by atoms with van der Waals surface area (Å²) in [6.07, 6.45) is 4.22. The number of nitrogens with zero attached hydrogens (tertiary/aromatic N) is 2. The van der Waals surface area contributed by atoms with Crippen molar-refractivity contribution < 1.29 is 9.53 Å². The quantitative estimate of drug-likeness (QED) is 0.476. The summed E-state index contributed by atoms with van der Waals surface area (Å²) in [5, 5.41) is 11.3. The molecule has 1 aliphatic carbocycles. The van der Waals surface area contributed by atoms with Crippen molar-refractivity contribution in [1.29, 1.82) is 0 Å². The minimum atomic E-state index is -0.0778. The summed E-state index contributed by atoms with van der Waals surface area (Å²) in [5.74, 6) is 2.38. The van der Waals surface area contributed by atoms with Gasteiger partial charge in [0.2, 0.25) is 5.91 Å². The average Bonchev–Trinajstić information content (AvgIpc) is 3.20. The molecule has 1 fully saturated rings. The van der Waals surface area contributed by atoms with Crippen molar-refractivity contribution in [3.63, 3.8) is 0 Å². The van der Waals surface area contributed by atoms with Crippen LogP contribution in [0.1, 0.15) is 41.5 Å². The van der Waals surface area contributed by atoms with Crippen LogP contribution < -0.4 is 10.1 Å². The number of carbonyl (C=O) groups excluding carboxylic acids is 1. The molecular formula is C25H24N4O2. The summed E-state index contributed by atoms with van der Waals surface area (Å²) in [4.78, 5) is 16.8. The third-order valence-corrected chi connectivity index (χ3v) is 6.06. The summed E-state index contributed by atoms with van der Waals surface area (Å²) >= 11 is 0. The van der Waals surface area contributed by atoms with Crippen molar-refractivity contribution in [1.82, 2.24) is 15.2 Å². The number of pyridine rings is 1.